The Morgan fingerprint density at radius 2 is 1.95 bits per heavy atom. The predicted octanol–water partition coefficient (Wildman–Crippen LogP) is 4.96. The summed E-state index contributed by atoms with van der Waals surface area (Å²) in [6.45, 7) is 8.99. The molecule has 20 heavy (non-hydrogen) atoms. The molecule has 112 valence electrons. The zero-order valence-electron chi connectivity index (χ0n) is 12.5. The van der Waals surface area contributed by atoms with E-state index in [0.717, 1.165) is 24.0 Å². The van der Waals surface area contributed by atoms with Crippen LogP contribution in [0.1, 0.15) is 40.0 Å². The van der Waals surface area contributed by atoms with Crippen molar-refractivity contribution in [1.29, 1.82) is 0 Å². The van der Waals surface area contributed by atoms with Crippen molar-refractivity contribution in [2.24, 2.45) is 0 Å². The number of piperazine rings is 1. The van der Waals surface area contributed by atoms with E-state index >= 15 is 0 Å². The molecule has 1 aliphatic rings. The molecule has 1 saturated heterocycles. The summed E-state index contributed by atoms with van der Waals surface area (Å²) in [5.41, 5.74) is 1.55. The van der Waals surface area contributed by atoms with E-state index in [-0.39, 0.29) is 5.54 Å². The monoisotopic (exact) mass is 402 g/mol. The normalized spacial score (nSPS) is 22.1. The lowest BCUT2D eigenvalue weighted by atomic mass is 9.87. The van der Waals surface area contributed by atoms with E-state index in [1.807, 2.05) is 0 Å². The second-order valence-corrected chi connectivity index (χ2v) is 7.42. The van der Waals surface area contributed by atoms with Crippen molar-refractivity contribution in [3.8, 4) is 0 Å². The Kier molecular flexibility index (Phi) is 5.55. The number of nitrogens with one attached hydrogen (secondary N) is 1. The van der Waals surface area contributed by atoms with Gasteiger partial charge in [-0.25, -0.2) is 0 Å². The first-order valence-corrected chi connectivity index (χ1v) is 9.10. The second kappa shape index (κ2) is 6.80. The molecular formula is C16H24Br2N2. The molecule has 1 aliphatic heterocycles. The van der Waals surface area contributed by atoms with E-state index < -0.39 is 0 Å². The van der Waals surface area contributed by atoms with Crippen molar-refractivity contribution < 1.29 is 0 Å². The van der Waals surface area contributed by atoms with Crippen LogP contribution in [-0.4, -0.2) is 24.7 Å². The molecule has 1 aromatic rings. The Bertz CT molecular complexity index is 458. The van der Waals surface area contributed by atoms with Crippen LogP contribution in [0.25, 0.3) is 0 Å². The lowest BCUT2D eigenvalue weighted by molar-refractivity contribution is 0.246. The van der Waals surface area contributed by atoms with Crippen molar-refractivity contribution >= 4 is 37.5 Å². The summed E-state index contributed by atoms with van der Waals surface area (Å²) >= 11 is 7.33. The average molecular weight is 404 g/mol. The molecule has 1 aromatic carbocycles. The molecule has 0 amide bonds. The molecule has 2 nitrogen and oxygen atoms in total. The van der Waals surface area contributed by atoms with Crippen LogP contribution in [0.5, 0.6) is 0 Å². The third kappa shape index (κ3) is 3.23. The van der Waals surface area contributed by atoms with Gasteiger partial charge in [0.1, 0.15) is 0 Å². The van der Waals surface area contributed by atoms with Gasteiger partial charge in [-0.1, -0.05) is 36.7 Å². The smallest absolute Gasteiger partial charge is 0.0525 e. The average Bonchev–Trinajstić information content (AvgIpc) is 2.49. The fourth-order valence-electron chi connectivity index (χ4n) is 3.03. The maximum Gasteiger partial charge on any atom is 0.0525 e. The van der Waals surface area contributed by atoms with Gasteiger partial charge >= 0.3 is 0 Å². The van der Waals surface area contributed by atoms with Gasteiger partial charge in [0.2, 0.25) is 0 Å². The van der Waals surface area contributed by atoms with Gasteiger partial charge in [-0.2, -0.15) is 0 Å². The summed E-state index contributed by atoms with van der Waals surface area (Å²) in [7, 11) is 0. The van der Waals surface area contributed by atoms with Gasteiger partial charge in [0.15, 0.2) is 0 Å². The topological polar surface area (TPSA) is 15.3 Å². The Hall–Kier alpha value is -0.0600. The van der Waals surface area contributed by atoms with Crippen LogP contribution in [0.4, 0.5) is 5.69 Å². The lowest BCUT2D eigenvalue weighted by Crippen LogP contribution is -2.64. The summed E-state index contributed by atoms with van der Waals surface area (Å²) < 4.78 is 2.32. The maximum atomic E-state index is 3.80. The van der Waals surface area contributed by atoms with Crippen LogP contribution in [0.3, 0.4) is 0 Å². The highest BCUT2D eigenvalue weighted by atomic mass is 79.9. The van der Waals surface area contributed by atoms with Crippen LogP contribution >= 0.6 is 31.9 Å². The number of hydrogen-bond donors (Lipinski definition) is 1. The molecule has 0 spiro atoms. The molecule has 1 N–H and O–H groups in total. The minimum atomic E-state index is 0.243. The maximum absolute atomic E-state index is 3.80. The number of benzene rings is 1. The van der Waals surface area contributed by atoms with Gasteiger partial charge in [-0.3, -0.25) is 0 Å². The van der Waals surface area contributed by atoms with E-state index in [9.17, 15) is 0 Å². The van der Waals surface area contributed by atoms with Crippen LogP contribution in [-0.2, 0) is 0 Å². The predicted molar refractivity (Wildman–Crippen MR) is 94.6 cm³/mol. The van der Waals surface area contributed by atoms with Crippen LogP contribution in [0.2, 0.25) is 0 Å². The fraction of sp³-hybridized carbons (Fsp3) is 0.625. The van der Waals surface area contributed by atoms with E-state index in [4.69, 9.17) is 0 Å². The summed E-state index contributed by atoms with van der Waals surface area (Å²) in [5, 5.41) is 3.80. The SMILES string of the molecule is CCC1CNC(CC)(CC)CN1c1cc(Br)ccc1Br. The molecule has 0 aliphatic carbocycles. The lowest BCUT2D eigenvalue weighted by Gasteiger charge is -2.48. The molecule has 1 unspecified atom stereocenters. The number of halogens is 2. The van der Waals surface area contributed by atoms with E-state index in [1.54, 1.807) is 0 Å². The molecule has 1 fully saturated rings. The molecule has 0 saturated carbocycles. The summed E-state index contributed by atoms with van der Waals surface area (Å²) in [6.07, 6.45) is 3.50. The van der Waals surface area contributed by atoms with Crippen LogP contribution in [0.15, 0.2) is 27.1 Å². The minimum Gasteiger partial charge on any atom is -0.364 e. The highest BCUT2D eigenvalue weighted by molar-refractivity contribution is 9.11. The molecule has 2 rings (SSSR count). The Morgan fingerprint density at radius 3 is 2.55 bits per heavy atom. The van der Waals surface area contributed by atoms with Crippen molar-refractivity contribution in [2.75, 3.05) is 18.0 Å². The zero-order valence-corrected chi connectivity index (χ0v) is 15.7. The largest absolute Gasteiger partial charge is 0.364 e. The van der Waals surface area contributed by atoms with Gasteiger partial charge in [0.25, 0.3) is 0 Å². The number of nitrogens with zero attached hydrogens (tertiary/aromatic N) is 1. The molecule has 1 heterocycles. The first-order chi connectivity index (χ1) is 9.55. The molecule has 1 atom stereocenters. The Morgan fingerprint density at radius 1 is 1.25 bits per heavy atom. The van der Waals surface area contributed by atoms with Crippen molar-refractivity contribution in [3.63, 3.8) is 0 Å². The molecule has 0 radical (unpaired) electrons. The fourth-order valence-corrected chi connectivity index (χ4v) is 3.86. The van der Waals surface area contributed by atoms with E-state index in [1.165, 1.54) is 23.0 Å². The molecule has 0 bridgehead atoms. The van der Waals surface area contributed by atoms with Gasteiger partial charge < -0.3 is 10.2 Å². The van der Waals surface area contributed by atoms with E-state index in [0.29, 0.717) is 6.04 Å². The number of hydrogen-bond acceptors (Lipinski definition) is 2. The van der Waals surface area contributed by atoms with Gasteiger partial charge in [0.05, 0.1) is 5.69 Å². The van der Waals surface area contributed by atoms with Crippen molar-refractivity contribution in [2.45, 2.75) is 51.6 Å². The first kappa shape index (κ1) is 16.3. The highest BCUT2D eigenvalue weighted by Crippen LogP contribution is 2.35. The van der Waals surface area contributed by atoms with E-state index in [2.05, 4.69) is 81.0 Å². The summed E-state index contributed by atoms with van der Waals surface area (Å²) in [5.74, 6) is 0. The molecular weight excluding hydrogens is 380 g/mol. The Labute approximate surface area is 139 Å². The Balaban J connectivity index is 2.36. The summed E-state index contributed by atoms with van der Waals surface area (Å²) in [4.78, 5) is 2.58. The molecule has 0 aromatic heterocycles. The number of rotatable bonds is 4. The minimum absolute atomic E-state index is 0.243. The standard InChI is InChI=1S/C16H24Br2N2/c1-4-13-10-19-16(5-2,6-3)11-20(13)15-9-12(17)7-8-14(15)18/h7-9,13,19H,4-6,10-11H2,1-3H3. The second-order valence-electron chi connectivity index (χ2n) is 5.65. The highest BCUT2D eigenvalue weighted by Gasteiger charge is 2.36. The van der Waals surface area contributed by atoms with Gasteiger partial charge in [-0.15, -0.1) is 0 Å². The zero-order chi connectivity index (χ0) is 14.8. The third-order valence-corrected chi connectivity index (χ3v) is 5.83. The van der Waals surface area contributed by atoms with Gasteiger partial charge in [0, 0.05) is 33.6 Å². The van der Waals surface area contributed by atoms with Gasteiger partial charge in [-0.05, 0) is 53.4 Å². The van der Waals surface area contributed by atoms with Crippen molar-refractivity contribution in [1.82, 2.24) is 5.32 Å². The van der Waals surface area contributed by atoms with Crippen LogP contribution in [0, 0.1) is 0 Å². The quantitative estimate of drug-likeness (QED) is 0.764. The molecule has 4 heteroatoms. The third-order valence-electron chi connectivity index (χ3n) is 4.67. The van der Waals surface area contributed by atoms with Crippen molar-refractivity contribution in [3.05, 3.63) is 27.1 Å². The van der Waals surface area contributed by atoms with Crippen LogP contribution < -0.4 is 10.2 Å². The number of anilines is 1. The first-order valence-electron chi connectivity index (χ1n) is 7.52. The summed E-state index contributed by atoms with van der Waals surface area (Å²) in [6, 6.07) is 7.01.